The van der Waals surface area contributed by atoms with Crippen molar-refractivity contribution in [2.24, 2.45) is 0 Å². The molecule has 11 heteroatoms. The monoisotopic (exact) mass is 484 g/mol. The van der Waals surface area contributed by atoms with Gasteiger partial charge in [0.25, 0.3) is 0 Å². The summed E-state index contributed by atoms with van der Waals surface area (Å²) in [7, 11) is 0. The van der Waals surface area contributed by atoms with E-state index >= 15 is 0 Å². The molecule has 0 bridgehead atoms. The molecule has 1 saturated carbocycles. The number of thiazole rings is 1. The molecule has 0 spiro atoms. The zero-order chi connectivity index (χ0) is 23.2. The van der Waals surface area contributed by atoms with Crippen molar-refractivity contribution < 1.29 is 19.1 Å². The van der Waals surface area contributed by atoms with Gasteiger partial charge in [-0.1, -0.05) is 6.42 Å². The number of rotatable bonds is 7. The van der Waals surface area contributed by atoms with E-state index in [1.807, 2.05) is 24.3 Å². The molecule has 5 rings (SSSR count). The molecule has 1 aliphatic carbocycles. The lowest BCUT2D eigenvalue weighted by Crippen LogP contribution is -2.36. The van der Waals surface area contributed by atoms with Crippen LogP contribution in [-0.2, 0) is 16.2 Å². The first-order chi connectivity index (χ1) is 16.7. The quantitative estimate of drug-likeness (QED) is 0.454. The van der Waals surface area contributed by atoms with Crippen molar-refractivity contribution in [1.29, 1.82) is 0 Å². The van der Waals surface area contributed by atoms with Crippen LogP contribution in [0, 0.1) is 0 Å². The number of ether oxygens (including phenoxy) is 2. The number of hydrogen-bond donors (Lipinski definition) is 0. The number of nitrogens with zero attached hydrogens (tertiary/aromatic N) is 6. The zero-order valence-electron chi connectivity index (χ0n) is 18.9. The van der Waals surface area contributed by atoms with E-state index in [2.05, 4.69) is 20.9 Å². The molecule has 1 aromatic carbocycles. The molecule has 10 nitrogen and oxygen atoms in total. The van der Waals surface area contributed by atoms with Crippen LogP contribution in [0.1, 0.15) is 61.6 Å². The molecule has 0 radical (unpaired) electrons. The summed E-state index contributed by atoms with van der Waals surface area (Å²) in [5, 5.41) is 16.0. The van der Waals surface area contributed by atoms with Crippen molar-refractivity contribution in [1.82, 2.24) is 30.3 Å². The lowest BCUT2D eigenvalue weighted by Gasteiger charge is -2.30. The topological polar surface area (TPSA) is 104 Å². The van der Waals surface area contributed by atoms with Gasteiger partial charge < -0.3 is 14.3 Å². The van der Waals surface area contributed by atoms with Gasteiger partial charge in [-0.05, 0) is 73.2 Å². The highest BCUT2D eigenvalue weighted by Crippen LogP contribution is 2.31. The first kappa shape index (κ1) is 22.7. The Morgan fingerprint density at radius 3 is 2.59 bits per heavy atom. The number of hydrogen-bond acceptors (Lipinski definition) is 10. The van der Waals surface area contributed by atoms with Gasteiger partial charge in [-0.3, -0.25) is 0 Å². The first-order valence-electron chi connectivity index (χ1n) is 11.8. The van der Waals surface area contributed by atoms with Crippen LogP contribution in [0.4, 0.5) is 4.79 Å². The van der Waals surface area contributed by atoms with E-state index in [4.69, 9.17) is 19.3 Å². The van der Waals surface area contributed by atoms with E-state index in [0.29, 0.717) is 25.6 Å². The molecular formula is C23H28N6O4S. The van der Waals surface area contributed by atoms with Crippen molar-refractivity contribution >= 4 is 17.5 Å². The van der Waals surface area contributed by atoms with Crippen molar-refractivity contribution in [2.75, 3.05) is 13.1 Å². The molecular weight excluding hydrogens is 456 g/mol. The fourth-order valence-corrected chi connectivity index (χ4v) is 5.32. The number of piperidine rings is 1. The van der Waals surface area contributed by atoms with Gasteiger partial charge in [0.05, 0.1) is 16.4 Å². The third-order valence-electron chi connectivity index (χ3n) is 6.23. The van der Waals surface area contributed by atoms with Gasteiger partial charge >= 0.3 is 6.16 Å². The van der Waals surface area contributed by atoms with Crippen LogP contribution in [0.25, 0.3) is 5.69 Å². The Labute approximate surface area is 201 Å². The fourth-order valence-electron chi connectivity index (χ4n) is 4.35. The summed E-state index contributed by atoms with van der Waals surface area (Å²) in [6.45, 7) is 1.78. The minimum absolute atomic E-state index is 0.0127. The Kier molecular flexibility index (Phi) is 7.30. The van der Waals surface area contributed by atoms with Crippen LogP contribution < -0.4 is 4.74 Å². The molecule has 0 N–H and O–H groups in total. The summed E-state index contributed by atoms with van der Waals surface area (Å²) in [6, 6.07) is 7.58. The average Bonchev–Trinajstić information content (AvgIpc) is 3.57. The summed E-state index contributed by atoms with van der Waals surface area (Å²) in [5.41, 5.74) is 1.78. The third kappa shape index (κ3) is 5.89. The maximum atomic E-state index is 12.1. The predicted molar refractivity (Wildman–Crippen MR) is 124 cm³/mol. The highest BCUT2D eigenvalue weighted by atomic mass is 32.1. The second kappa shape index (κ2) is 10.9. The Bertz CT molecular complexity index is 1040. The summed E-state index contributed by atoms with van der Waals surface area (Å²) >= 11 is 1.66. The maximum absolute atomic E-state index is 12.1. The number of benzene rings is 1. The molecule has 0 atom stereocenters. The SMILES string of the molecule is O=C(OC1CCCCC1)ON1CCC(c2nc(COc3ccc(-n4cnnn4)cc3)cs2)CC1. The van der Waals surface area contributed by atoms with E-state index in [1.54, 1.807) is 27.4 Å². The summed E-state index contributed by atoms with van der Waals surface area (Å²) in [4.78, 5) is 22.3. The van der Waals surface area contributed by atoms with Gasteiger partial charge in [-0.25, -0.2) is 14.5 Å². The lowest BCUT2D eigenvalue weighted by atomic mass is 9.98. The standard InChI is InChI=1S/C23H28N6O4S/c30-23(32-21-4-2-1-3-5-21)33-28-12-10-17(11-13-28)22-25-18(15-34-22)14-31-20-8-6-19(7-9-20)29-16-24-26-27-29/h6-9,15-17,21H,1-5,10-14H2. The lowest BCUT2D eigenvalue weighted by molar-refractivity contribution is -0.147. The summed E-state index contributed by atoms with van der Waals surface area (Å²) in [6.07, 6.45) is 8.14. The van der Waals surface area contributed by atoms with Crippen molar-refractivity contribution in [3.8, 4) is 11.4 Å². The summed E-state index contributed by atoms with van der Waals surface area (Å²) in [5.74, 6) is 1.13. The highest BCUT2D eigenvalue weighted by Gasteiger charge is 2.27. The van der Waals surface area contributed by atoms with Gasteiger partial charge in [-0.2, -0.15) is 0 Å². The molecule has 3 aromatic rings. The van der Waals surface area contributed by atoms with Gasteiger partial charge in [0.1, 0.15) is 24.8 Å². The van der Waals surface area contributed by atoms with Crippen LogP contribution in [0.15, 0.2) is 36.0 Å². The van der Waals surface area contributed by atoms with E-state index in [0.717, 1.165) is 60.7 Å². The number of carbonyl (C=O) groups is 1. The van der Waals surface area contributed by atoms with Crippen molar-refractivity contribution in [2.45, 2.75) is 63.6 Å². The first-order valence-corrected chi connectivity index (χ1v) is 12.6. The predicted octanol–water partition coefficient (Wildman–Crippen LogP) is 4.28. The zero-order valence-corrected chi connectivity index (χ0v) is 19.7. The molecule has 0 amide bonds. The molecule has 1 saturated heterocycles. The average molecular weight is 485 g/mol. The molecule has 1 aliphatic heterocycles. The summed E-state index contributed by atoms with van der Waals surface area (Å²) < 4.78 is 12.9. The molecule has 2 fully saturated rings. The molecule has 0 unspecified atom stereocenters. The molecule has 2 aromatic heterocycles. The maximum Gasteiger partial charge on any atom is 0.528 e. The van der Waals surface area contributed by atoms with E-state index in [-0.39, 0.29) is 6.10 Å². The second-order valence-corrected chi connectivity index (χ2v) is 9.53. The van der Waals surface area contributed by atoms with Gasteiger partial charge in [0.15, 0.2) is 0 Å². The largest absolute Gasteiger partial charge is 0.528 e. The Hall–Kier alpha value is -3.05. The Morgan fingerprint density at radius 2 is 1.85 bits per heavy atom. The van der Waals surface area contributed by atoms with Gasteiger partial charge in [0, 0.05) is 24.4 Å². The number of tetrazole rings is 1. The van der Waals surface area contributed by atoms with E-state index in [1.165, 1.54) is 6.42 Å². The molecule has 2 aliphatic rings. The van der Waals surface area contributed by atoms with Gasteiger partial charge in [0.2, 0.25) is 0 Å². The highest BCUT2D eigenvalue weighted by molar-refractivity contribution is 7.09. The van der Waals surface area contributed by atoms with Crippen LogP contribution in [0.2, 0.25) is 0 Å². The molecule has 180 valence electrons. The smallest absolute Gasteiger partial charge is 0.487 e. The van der Waals surface area contributed by atoms with Crippen LogP contribution in [0.5, 0.6) is 5.75 Å². The minimum atomic E-state index is -0.565. The Morgan fingerprint density at radius 1 is 1.06 bits per heavy atom. The van der Waals surface area contributed by atoms with Crippen LogP contribution in [0.3, 0.4) is 0 Å². The number of carbonyl (C=O) groups excluding carboxylic acids is 1. The van der Waals surface area contributed by atoms with Gasteiger partial charge in [-0.15, -0.1) is 21.5 Å². The van der Waals surface area contributed by atoms with Crippen molar-refractivity contribution in [3.05, 3.63) is 46.7 Å². The molecule has 34 heavy (non-hydrogen) atoms. The second-order valence-electron chi connectivity index (χ2n) is 8.64. The van der Waals surface area contributed by atoms with Crippen LogP contribution in [-0.4, -0.2) is 55.6 Å². The van der Waals surface area contributed by atoms with Crippen LogP contribution >= 0.6 is 11.3 Å². The number of aromatic nitrogens is 5. The fraction of sp³-hybridized carbons (Fsp3) is 0.522. The van der Waals surface area contributed by atoms with Crippen molar-refractivity contribution in [3.63, 3.8) is 0 Å². The van der Waals surface area contributed by atoms with E-state index in [9.17, 15) is 4.79 Å². The van der Waals surface area contributed by atoms with E-state index < -0.39 is 6.16 Å². The normalized spacial score (nSPS) is 18.0. The Balaban J connectivity index is 1.05. The molecule has 3 heterocycles. The minimum Gasteiger partial charge on any atom is -0.487 e. The number of hydroxylamine groups is 2. The third-order valence-corrected chi connectivity index (χ3v) is 7.28.